The van der Waals surface area contributed by atoms with Gasteiger partial charge in [-0.2, -0.15) is 0 Å². The summed E-state index contributed by atoms with van der Waals surface area (Å²) in [5, 5.41) is 0. The smallest absolute Gasteiger partial charge is 0.306 e. The Kier molecular flexibility index (Phi) is 39.0. The molecule has 0 aromatic rings. The molecule has 0 aromatic heterocycles. The normalized spacial score (nSPS) is 12.1. The van der Waals surface area contributed by atoms with Crippen LogP contribution in [0.25, 0.3) is 0 Å². The van der Waals surface area contributed by atoms with E-state index in [2.05, 4.69) is 45.1 Å². The monoisotopic (exact) mass is 719 g/mol. The van der Waals surface area contributed by atoms with Crippen molar-refractivity contribution in [2.24, 2.45) is 0 Å². The van der Waals surface area contributed by atoms with Crippen LogP contribution in [0.15, 0.2) is 24.3 Å². The molecule has 0 aliphatic heterocycles. The number of carbonyl (C=O) groups excluding carboxylic acids is 3. The van der Waals surface area contributed by atoms with Crippen molar-refractivity contribution in [2.75, 3.05) is 13.2 Å². The van der Waals surface area contributed by atoms with Crippen molar-refractivity contribution >= 4 is 17.9 Å². The van der Waals surface area contributed by atoms with Gasteiger partial charge in [-0.3, -0.25) is 14.4 Å². The Morgan fingerprint density at radius 1 is 0.392 bits per heavy atom. The van der Waals surface area contributed by atoms with Crippen molar-refractivity contribution in [3.63, 3.8) is 0 Å². The lowest BCUT2D eigenvalue weighted by Crippen LogP contribution is -2.30. The van der Waals surface area contributed by atoms with E-state index in [-0.39, 0.29) is 31.1 Å². The Morgan fingerprint density at radius 2 is 0.706 bits per heavy atom. The molecule has 0 aliphatic carbocycles. The van der Waals surface area contributed by atoms with E-state index in [0.29, 0.717) is 19.3 Å². The summed E-state index contributed by atoms with van der Waals surface area (Å²) in [4.78, 5) is 37.5. The Morgan fingerprint density at radius 3 is 1.06 bits per heavy atom. The number of ether oxygens (including phenoxy) is 3. The number of carbonyl (C=O) groups is 3. The molecule has 1 unspecified atom stereocenters. The lowest BCUT2D eigenvalue weighted by molar-refractivity contribution is -0.167. The average Bonchev–Trinajstić information content (AvgIpc) is 3.12. The van der Waals surface area contributed by atoms with Gasteiger partial charge in [-0.1, -0.05) is 173 Å². The van der Waals surface area contributed by atoms with E-state index in [4.69, 9.17) is 14.2 Å². The van der Waals surface area contributed by atoms with Gasteiger partial charge in [0.15, 0.2) is 6.10 Å². The van der Waals surface area contributed by atoms with Crippen molar-refractivity contribution in [2.45, 2.75) is 232 Å². The highest BCUT2D eigenvalue weighted by Crippen LogP contribution is 2.15. The minimum Gasteiger partial charge on any atom is -0.462 e. The van der Waals surface area contributed by atoms with Crippen LogP contribution in [0.4, 0.5) is 0 Å². The van der Waals surface area contributed by atoms with Crippen LogP contribution in [0.3, 0.4) is 0 Å². The van der Waals surface area contributed by atoms with E-state index in [9.17, 15) is 14.4 Å². The zero-order valence-electron chi connectivity index (χ0n) is 33.9. The molecule has 0 spiro atoms. The Bertz CT molecular complexity index is 835. The van der Waals surface area contributed by atoms with Gasteiger partial charge >= 0.3 is 17.9 Å². The molecule has 0 saturated carbocycles. The largest absolute Gasteiger partial charge is 0.462 e. The second kappa shape index (κ2) is 40.7. The van der Waals surface area contributed by atoms with Crippen LogP contribution < -0.4 is 0 Å². The summed E-state index contributed by atoms with van der Waals surface area (Å²) in [7, 11) is 0. The Labute approximate surface area is 315 Å². The maximum atomic E-state index is 12.6. The second-order valence-corrected chi connectivity index (χ2v) is 14.5. The first kappa shape index (κ1) is 48.9. The van der Waals surface area contributed by atoms with E-state index in [0.717, 1.165) is 89.9 Å². The van der Waals surface area contributed by atoms with Gasteiger partial charge in [0.25, 0.3) is 0 Å². The van der Waals surface area contributed by atoms with Crippen LogP contribution in [0.2, 0.25) is 0 Å². The SMILES string of the molecule is CCC=CCCCCCCCC(=O)OCC(COC(=O)CCCCCCCCCCCCCCCCC)OC(=O)CCCCCCCC=CCC. The molecular formula is C45H82O6. The molecule has 6 nitrogen and oxygen atoms in total. The molecule has 298 valence electrons. The van der Waals surface area contributed by atoms with Crippen LogP contribution in [0.1, 0.15) is 226 Å². The molecular weight excluding hydrogens is 636 g/mol. The van der Waals surface area contributed by atoms with Gasteiger partial charge in [-0.25, -0.2) is 0 Å². The molecule has 51 heavy (non-hydrogen) atoms. The molecule has 1 atom stereocenters. The van der Waals surface area contributed by atoms with Gasteiger partial charge in [0.2, 0.25) is 0 Å². The van der Waals surface area contributed by atoms with Crippen LogP contribution in [-0.4, -0.2) is 37.2 Å². The van der Waals surface area contributed by atoms with Crippen LogP contribution in [-0.2, 0) is 28.6 Å². The maximum Gasteiger partial charge on any atom is 0.306 e. The first-order valence-electron chi connectivity index (χ1n) is 21.8. The first-order chi connectivity index (χ1) is 25.0. The molecule has 0 bridgehead atoms. The highest BCUT2D eigenvalue weighted by Gasteiger charge is 2.19. The summed E-state index contributed by atoms with van der Waals surface area (Å²) < 4.78 is 16.6. The molecule has 0 heterocycles. The molecule has 0 N–H and O–H groups in total. The maximum absolute atomic E-state index is 12.6. The molecule has 0 amide bonds. The Balaban J connectivity index is 4.28. The van der Waals surface area contributed by atoms with Crippen molar-refractivity contribution in [3.8, 4) is 0 Å². The third kappa shape index (κ3) is 38.9. The number of esters is 3. The lowest BCUT2D eigenvalue weighted by atomic mass is 10.0. The molecule has 0 radical (unpaired) electrons. The number of hydrogen-bond donors (Lipinski definition) is 0. The Hall–Kier alpha value is -2.11. The first-order valence-corrected chi connectivity index (χ1v) is 21.8. The fourth-order valence-corrected chi connectivity index (χ4v) is 6.21. The molecule has 0 aromatic carbocycles. The summed E-state index contributed by atoms with van der Waals surface area (Å²) in [6.45, 7) is 6.41. The van der Waals surface area contributed by atoms with E-state index in [1.165, 1.54) is 96.3 Å². The average molecular weight is 719 g/mol. The zero-order valence-corrected chi connectivity index (χ0v) is 33.9. The van der Waals surface area contributed by atoms with Crippen LogP contribution in [0, 0.1) is 0 Å². The topological polar surface area (TPSA) is 78.9 Å². The molecule has 0 fully saturated rings. The highest BCUT2D eigenvalue weighted by molar-refractivity contribution is 5.71. The lowest BCUT2D eigenvalue weighted by Gasteiger charge is -2.18. The second-order valence-electron chi connectivity index (χ2n) is 14.5. The quantitative estimate of drug-likeness (QED) is 0.0272. The summed E-state index contributed by atoms with van der Waals surface area (Å²) in [6.07, 6.45) is 43.2. The fraction of sp³-hybridized carbons (Fsp3) is 0.844. The third-order valence-electron chi connectivity index (χ3n) is 9.45. The van der Waals surface area contributed by atoms with Crippen molar-refractivity contribution in [1.29, 1.82) is 0 Å². The van der Waals surface area contributed by atoms with Gasteiger partial charge in [0, 0.05) is 19.3 Å². The summed E-state index contributed by atoms with van der Waals surface area (Å²) in [6, 6.07) is 0. The van der Waals surface area contributed by atoms with Gasteiger partial charge in [0.05, 0.1) is 0 Å². The van der Waals surface area contributed by atoms with Gasteiger partial charge in [0.1, 0.15) is 13.2 Å². The fourth-order valence-electron chi connectivity index (χ4n) is 6.21. The number of allylic oxidation sites excluding steroid dienone is 4. The van der Waals surface area contributed by atoms with E-state index in [1.54, 1.807) is 0 Å². The number of unbranched alkanes of at least 4 members (excludes halogenated alkanes) is 24. The minimum absolute atomic E-state index is 0.0751. The predicted octanol–water partition coefficient (Wildman–Crippen LogP) is 13.6. The van der Waals surface area contributed by atoms with E-state index >= 15 is 0 Å². The highest BCUT2D eigenvalue weighted by atomic mass is 16.6. The van der Waals surface area contributed by atoms with Crippen molar-refractivity contribution < 1.29 is 28.6 Å². The molecule has 0 saturated heterocycles. The van der Waals surface area contributed by atoms with Crippen LogP contribution >= 0.6 is 0 Å². The van der Waals surface area contributed by atoms with E-state index < -0.39 is 6.10 Å². The summed E-state index contributed by atoms with van der Waals surface area (Å²) in [5.41, 5.74) is 0. The van der Waals surface area contributed by atoms with Gasteiger partial charge < -0.3 is 14.2 Å². The molecule has 0 rings (SSSR count). The molecule has 0 aliphatic rings. The molecule has 6 heteroatoms. The van der Waals surface area contributed by atoms with Gasteiger partial charge in [-0.15, -0.1) is 0 Å². The third-order valence-corrected chi connectivity index (χ3v) is 9.45. The number of rotatable bonds is 39. The number of hydrogen-bond acceptors (Lipinski definition) is 6. The van der Waals surface area contributed by atoms with Crippen molar-refractivity contribution in [3.05, 3.63) is 24.3 Å². The van der Waals surface area contributed by atoms with E-state index in [1.807, 2.05) is 0 Å². The zero-order chi connectivity index (χ0) is 37.3. The predicted molar refractivity (Wildman–Crippen MR) is 215 cm³/mol. The van der Waals surface area contributed by atoms with Crippen molar-refractivity contribution in [1.82, 2.24) is 0 Å². The summed E-state index contributed by atoms with van der Waals surface area (Å²) >= 11 is 0. The summed E-state index contributed by atoms with van der Waals surface area (Å²) in [5.74, 6) is -0.898. The standard InChI is InChI=1S/C45H82O6/c1-4-7-10-13-16-19-20-21-22-23-24-27-29-32-35-38-44(47)50-41-42(51-45(48)39-36-33-30-26-18-15-12-9-6-3)40-49-43(46)37-34-31-28-25-17-14-11-8-5-2/h8-9,11-12,42H,4-7,10,13-41H2,1-3H3. The minimum atomic E-state index is -0.770. The van der Waals surface area contributed by atoms with Gasteiger partial charge in [-0.05, 0) is 57.8 Å². The van der Waals surface area contributed by atoms with Crippen LogP contribution in [0.5, 0.6) is 0 Å².